The van der Waals surface area contributed by atoms with E-state index >= 15 is 0 Å². The Labute approximate surface area is 188 Å². The second-order valence-corrected chi connectivity index (χ2v) is 9.55. The van der Waals surface area contributed by atoms with Gasteiger partial charge in [-0.25, -0.2) is 13.2 Å². The Kier molecular flexibility index (Phi) is 7.87. The number of nitrogens with zero attached hydrogens (tertiary/aromatic N) is 1. The summed E-state index contributed by atoms with van der Waals surface area (Å²) in [5.41, 5.74) is 0.714. The molecule has 0 aromatic heterocycles. The molecular weight excluding hydrogens is 432 g/mol. The Morgan fingerprint density at radius 2 is 1.53 bits per heavy atom. The Hall–Kier alpha value is -2.91. The van der Waals surface area contributed by atoms with E-state index in [4.69, 9.17) is 9.47 Å². The number of hydrogen-bond donors (Lipinski definition) is 1. The quantitative estimate of drug-likeness (QED) is 0.635. The van der Waals surface area contributed by atoms with Crippen LogP contribution in [0.2, 0.25) is 0 Å². The van der Waals surface area contributed by atoms with Gasteiger partial charge in [0, 0.05) is 18.8 Å². The standard InChI is InChI=1S/C23H28N2O6S/c1-17(22(26)24-19-9-11-20(30-2)12-10-19)31-23(27)18-7-13-21(14-8-18)32(28,29)25-15-5-3-4-6-16-25/h7-14,17H,3-6,15-16H2,1-2H3,(H,24,26). The number of benzene rings is 2. The highest BCUT2D eigenvalue weighted by atomic mass is 32.2. The van der Waals surface area contributed by atoms with Gasteiger partial charge in [0.1, 0.15) is 5.75 Å². The third kappa shape index (κ3) is 5.86. The van der Waals surface area contributed by atoms with Crippen molar-refractivity contribution in [3.8, 4) is 5.75 Å². The zero-order chi connectivity index (χ0) is 23.1. The molecular formula is C23H28N2O6S. The van der Waals surface area contributed by atoms with E-state index in [0.717, 1.165) is 25.7 Å². The number of amides is 1. The lowest BCUT2D eigenvalue weighted by atomic mass is 10.2. The average molecular weight is 461 g/mol. The van der Waals surface area contributed by atoms with Crippen LogP contribution in [0.4, 0.5) is 5.69 Å². The molecule has 1 fully saturated rings. The van der Waals surface area contributed by atoms with Crippen molar-refractivity contribution in [2.45, 2.75) is 43.6 Å². The minimum Gasteiger partial charge on any atom is -0.497 e. The fraction of sp³-hybridized carbons (Fsp3) is 0.391. The first-order valence-corrected chi connectivity index (χ1v) is 12.0. The first-order valence-electron chi connectivity index (χ1n) is 10.6. The van der Waals surface area contributed by atoms with Gasteiger partial charge >= 0.3 is 5.97 Å². The predicted octanol–water partition coefficient (Wildman–Crippen LogP) is 3.44. The number of methoxy groups -OCH3 is 1. The minimum absolute atomic E-state index is 0.140. The van der Waals surface area contributed by atoms with E-state index in [1.54, 1.807) is 31.4 Å². The van der Waals surface area contributed by atoms with Crippen LogP contribution in [0.3, 0.4) is 0 Å². The molecule has 1 aliphatic rings. The highest BCUT2D eigenvalue weighted by Crippen LogP contribution is 2.21. The molecule has 0 aliphatic carbocycles. The lowest BCUT2D eigenvalue weighted by Crippen LogP contribution is -2.32. The van der Waals surface area contributed by atoms with E-state index in [9.17, 15) is 18.0 Å². The topological polar surface area (TPSA) is 102 Å². The summed E-state index contributed by atoms with van der Waals surface area (Å²) < 4.78 is 37.5. The Morgan fingerprint density at radius 1 is 0.938 bits per heavy atom. The largest absolute Gasteiger partial charge is 0.497 e. The molecule has 0 spiro atoms. The van der Waals surface area contributed by atoms with E-state index in [0.29, 0.717) is 24.5 Å². The van der Waals surface area contributed by atoms with Gasteiger partial charge in [0.25, 0.3) is 5.91 Å². The molecule has 3 rings (SSSR count). The molecule has 8 nitrogen and oxygen atoms in total. The van der Waals surface area contributed by atoms with Crippen molar-refractivity contribution in [2.75, 3.05) is 25.5 Å². The van der Waals surface area contributed by atoms with Gasteiger partial charge < -0.3 is 14.8 Å². The molecule has 1 atom stereocenters. The van der Waals surface area contributed by atoms with E-state index < -0.39 is 28.0 Å². The molecule has 1 saturated heterocycles. The van der Waals surface area contributed by atoms with Gasteiger partial charge in [-0.2, -0.15) is 4.31 Å². The minimum atomic E-state index is -3.60. The number of esters is 1. The summed E-state index contributed by atoms with van der Waals surface area (Å²) in [6, 6.07) is 12.4. The fourth-order valence-corrected chi connectivity index (χ4v) is 4.91. The molecule has 0 radical (unpaired) electrons. The highest BCUT2D eigenvalue weighted by molar-refractivity contribution is 7.89. The van der Waals surface area contributed by atoms with E-state index in [-0.39, 0.29) is 10.5 Å². The molecule has 172 valence electrons. The van der Waals surface area contributed by atoms with Gasteiger partial charge in [-0.15, -0.1) is 0 Å². The molecule has 32 heavy (non-hydrogen) atoms. The van der Waals surface area contributed by atoms with Crippen LogP contribution in [-0.2, 0) is 19.6 Å². The van der Waals surface area contributed by atoms with E-state index in [1.807, 2.05) is 0 Å². The number of carbonyl (C=O) groups excluding carboxylic acids is 2. The van der Waals surface area contributed by atoms with E-state index in [1.165, 1.54) is 35.5 Å². The predicted molar refractivity (Wildman–Crippen MR) is 120 cm³/mol. The van der Waals surface area contributed by atoms with Gasteiger partial charge in [-0.1, -0.05) is 12.8 Å². The fourth-order valence-electron chi connectivity index (χ4n) is 3.39. The Morgan fingerprint density at radius 3 is 2.09 bits per heavy atom. The molecule has 9 heteroatoms. The number of carbonyl (C=O) groups is 2. The molecule has 0 bridgehead atoms. The number of ether oxygens (including phenoxy) is 2. The van der Waals surface area contributed by atoms with Gasteiger partial charge in [0.15, 0.2) is 6.10 Å². The second kappa shape index (κ2) is 10.6. The average Bonchev–Trinajstić information content (AvgIpc) is 3.10. The number of sulfonamides is 1. The van der Waals surface area contributed by atoms with Crippen molar-refractivity contribution in [2.24, 2.45) is 0 Å². The number of rotatable bonds is 7. The summed E-state index contributed by atoms with van der Waals surface area (Å²) in [5.74, 6) is -0.534. The maximum absolute atomic E-state index is 12.9. The zero-order valence-corrected chi connectivity index (χ0v) is 19.1. The second-order valence-electron chi connectivity index (χ2n) is 7.61. The smallest absolute Gasteiger partial charge is 0.338 e. The number of hydrogen-bond acceptors (Lipinski definition) is 6. The normalized spacial score (nSPS) is 15.9. The van der Waals surface area contributed by atoms with Crippen LogP contribution in [0.1, 0.15) is 43.0 Å². The summed E-state index contributed by atoms with van der Waals surface area (Å²) >= 11 is 0. The summed E-state index contributed by atoms with van der Waals surface area (Å²) in [7, 11) is -2.05. The van der Waals surface area contributed by atoms with Crippen LogP contribution in [0, 0.1) is 0 Å². The molecule has 2 aromatic rings. The SMILES string of the molecule is COc1ccc(NC(=O)C(C)OC(=O)c2ccc(S(=O)(=O)N3CCCCCC3)cc2)cc1. The lowest BCUT2D eigenvalue weighted by Gasteiger charge is -2.20. The third-order valence-electron chi connectivity index (χ3n) is 5.30. The van der Waals surface area contributed by atoms with Crippen molar-refractivity contribution in [1.29, 1.82) is 0 Å². The van der Waals surface area contributed by atoms with Crippen LogP contribution < -0.4 is 10.1 Å². The number of anilines is 1. The van der Waals surface area contributed by atoms with Crippen molar-refractivity contribution in [3.63, 3.8) is 0 Å². The molecule has 1 unspecified atom stereocenters. The van der Waals surface area contributed by atoms with Crippen molar-refractivity contribution < 1.29 is 27.5 Å². The number of nitrogens with one attached hydrogen (secondary N) is 1. The van der Waals surface area contributed by atoms with Crippen LogP contribution >= 0.6 is 0 Å². The van der Waals surface area contributed by atoms with Crippen LogP contribution in [0.5, 0.6) is 5.75 Å². The van der Waals surface area contributed by atoms with Crippen LogP contribution in [0.15, 0.2) is 53.4 Å². The van der Waals surface area contributed by atoms with Gasteiger partial charge in [-0.3, -0.25) is 4.79 Å². The summed E-state index contributed by atoms with van der Waals surface area (Å²) in [4.78, 5) is 24.9. The monoisotopic (exact) mass is 460 g/mol. The molecule has 1 amide bonds. The Balaban J connectivity index is 1.60. The maximum atomic E-state index is 12.9. The first kappa shape index (κ1) is 23.7. The summed E-state index contributed by atoms with van der Waals surface area (Å²) in [6.07, 6.45) is 2.72. The third-order valence-corrected chi connectivity index (χ3v) is 7.22. The van der Waals surface area contributed by atoms with Crippen molar-refractivity contribution in [3.05, 3.63) is 54.1 Å². The summed E-state index contributed by atoms with van der Waals surface area (Å²) in [6.45, 7) is 2.48. The molecule has 1 aliphatic heterocycles. The molecule has 1 heterocycles. The Bertz CT molecular complexity index is 1030. The first-order chi connectivity index (χ1) is 15.3. The molecule has 0 saturated carbocycles. The van der Waals surface area contributed by atoms with Crippen LogP contribution in [-0.4, -0.2) is 50.9 Å². The molecule has 1 N–H and O–H groups in total. The summed E-state index contributed by atoms with van der Waals surface area (Å²) in [5, 5.41) is 2.66. The maximum Gasteiger partial charge on any atom is 0.338 e. The zero-order valence-electron chi connectivity index (χ0n) is 18.2. The van der Waals surface area contributed by atoms with Gasteiger partial charge in [0.05, 0.1) is 17.6 Å². The van der Waals surface area contributed by atoms with Gasteiger partial charge in [0.2, 0.25) is 10.0 Å². The molecule has 2 aromatic carbocycles. The van der Waals surface area contributed by atoms with E-state index in [2.05, 4.69) is 5.32 Å². The highest BCUT2D eigenvalue weighted by Gasteiger charge is 2.26. The van der Waals surface area contributed by atoms with Crippen molar-refractivity contribution in [1.82, 2.24) is 4.31 Å². The van der Waals surface area contributed by atoms with Crippen molar-refractivity contribution >= 4 is 27.6 Å². The van der Waals surface area contributed by atoms with Gasteiger partial charge in [-0.05, 0) is 68.3 Å². The lowest BCUT2D eigenvalue weighted by molar-refractivity contribution is -0.123. The van der Waals surface area contributed by atoms with Crippen LogP contribution in [0.25, 0.3) is 0 Å².